The van der Waals surface area contributed by atoms with Crippen molar-refractivity contribution in [3.8, 4) is 0 Å². The molecule has 0 saturated heterocycles. The highest BCUT2D eigenvalue weighted by Gasteiger charge is 2.07. The summed E-state index contributed by atoms with van der Waals surface area (Å²) in [5.74, 6) is 0.143. The highest BCUT2D eigenvalue weighted by Crippen LogP contribution is 2.12. The number of nitrogens with zero attached hydrogens (tertiary/aromatic N) is 1. The van der Waals surface area contributed by atoms with E-state index in [1.807, 2.05) is 24.3 Å². The molecule has 0 atom stereocenters. The average molecular weight is 289 g/mol. The Morgan fingerprint density at radius 2 is 2.00 bits per heavy atom. The minimum absolute atomic E-state index is 0.143. The van der Waals surface area contributed by atoms with Crippen molar-refractivity contribution in [1.82, 2.24) is 4.90 Å². The number of benzene rings is 1. The molecular weight excluding hydrogens is 277 g/mol. The monoisotopic (exact) mass is 289 g/mol. The van der Waals surface area contributed by atoms with Crippen LogP contribution in [0.1, 0.15) is 5.56 Å². The summed E-state index contributed by atoms with van der Waals surface area (Å²) < 4.78 is 1.15. The lowest BCUT2D eigenvalue weighted by molar-refractivity contribution is -0.127. The van der Waals surface area contributed by atoms with Crippen LogP contribution in [0.3, 0.4) is 0 Å². The highest BCUT2D eigenvalue weighted by atomic mass is 127. The van der Waals surface area contributed by atoms with Gasteiger partial charge in [-0.1, -0.05) is 18.2 Å². The largest absolute Gasteiger partial charge is 0.349 e. The third-order valence-corrected chi connectivity index (χ3v) is 2.85. The van der Waals surface area contributed by atoms with Crippen LogP contribution in [0, 0.1) is 3.57 Å². The maximum absolute atomic E-state index is 11.4. The molecule has 0 fully saturated rings. The van der Waals surface area contributed by atoms with Crippen molar-refractivity contribution in [3.05, 3.63) is 33.4 Å². The molecule has 0 bridgehead atoms. The number of hydrogen-bond acceptors (Lipinski definition) is 1. The lowest BCUT2D eigenvalue weighted by Gasteiger charge is -2.10. The smallest absolute Gasteiger partial charge is 0.226 e. The lowest BCUT2D eigenvalue weighted by atomic mass is 10.1. The van der Waals surface area contributed by atoms with Crippen LogP contribution in [-0.4, -0.2) is 24.9 Å². The van der Waals surface area contributed by atoms with Gasteiger partial charge in [0.15, 0.2) is 0 Å². The average Bonchev–Trinajstić information content (AvgIpc) is 2.08. The summed E-state index contributed by atoms with van der Waals surface area (Å²) in [4.78, 5) is 13.0. The number of amides is 1. The van der Waals surface area contributed by atoms with Crippen LogP contribution in [0.2, 0.25) is 0 Å². The zero-order chi connectivity index (χ0) is 9.84. The first kappa shape index (κ1) is 10.5. The zero-order valence-corrected chi connectivity index (χ0v) is 9.91. The molecule has 1 aromatic rings. The van der Waals surface area contributed by atoms with Crippen molar-refractivity contribution in [2.45, 2.75) is 6.42 Å². The third-order valence-electron chi connectivity index (χ3n) is 1.80. The van der Waals surface area contributed by atoms with Crippen molar-refractivity contribution >= 4 is 28.5 Å². The van der Waals surface area contributed by atoms with Crippen molar-refractivity contribution in [1.29, 1.82) is 0 Å². The topological polar surface area (TPSA) is 20.3 Å². The van der Waals surface area contributed by atoms with E-state index in [4.69, 9.17) is 0 Å². The Labute approximate surface area is 92.1 Å². The van der Waals surface area contributed by atoms with Crippen LogP contribution < -0.4 is 0 Å². The Hall–Kier alpha value is -0.580. The second kappa shape index (κ2) is 4.60. The summed E-state index contributed by atoms with van der Waals surface area (Å²) in [6.07, 6.45) is 0.492. The van der Waals surface area contributed by atoms with Crippen molar-refractivity contribution in [2.75, 3.05) is 14.1 Å². The van der Waals surface area contributed by atoms with Crippen LogP contribution in [0.15, 0.2) is 24.3 Å². The summed E-state index contributed by atoms with van der Waals surface area (Å²) >= 11 is 2.25. The van der Waals surface area contributed by atoms with Gasteiger partial charge in [-0.05, 0) is 34.2 Å². The minimum Gasteiger partial charge on any atom is -0.349 e. The number of hydrogen-bond donors (Lipinski definition) is 0. The maximum Gasteiger partial charge on any atom is 0.226 e. The van der Waals surface area contributed by atoms with Crippen molar-refractivity contribution in [2.24, 2.45) is 0 Å². The van der Waals surface area contributed by atoms with Gasteiger partial charge in [0.2, 0.25) is 5.91 Å². The first-order chi connectivity index (χ1) is 6.11. The molecule has 0 heterocycles. The molecule has 0 aromatic heterocycles. The fourth-order valence-electron chi connectivity index (χ4n) is 0.963. The number of halogens is 1. The molecule has 1 amide bonds. The van der Waals surface area contributed by atoms with Gasteiger partial charge in [0.25, 0.3) is 0 Å². The van der Waals surface area contributed by atoms with Gasteiger partial charge >= 0.3 is 0 Å². The van der Waals surface area contributed by atoms with E-state index < -0.39 is 0 Å². The molecule has 0 spiro atoms. The normalized spacial score (nSPS) is 9.77. The van der Waals surface area contributed by atoms with Crippen LogP contribution >= 0.6 is 22.6 Å². The van der Waals surface area contributed by atoms with Crippen molar-refractivity contribution < 1.29 is 4.79 Å². The van der Waals surface area contributed by atoms with Crippen molar-refractivity contribution in [3.63, 3.8) is 0 Å². The van der Waals surface area contributed by atoms with Gasteiger partial charge in [-0.15, -0.1) is 0 Å². The van der Waals surface area contributed by atoms with E-state index in [0.29, 0.717) is 6.42 Å². The van der Waals surface area contributed by atoms with Gasteiger partial charge in [-0.2, -0.15) is 0 Å². The molecule has 3 heteroatoms. The number of carbonyl (C=O) groups is 1. The quantitative estimate of drug-likeness (QED) is 0.762. The van der Waals surface area contributed by atoms with E-state index in [2.05, 4.69) is 22.6 Å². The number of rotatable bonds is 2. The fraction of sp³-hybridized carbons (Fsp3) is 0.300. The van der Waals surface area contributed by atoms with Gasteiger partial charge in [-0.25, -0.2) is 0 Å². The Morgan fingerprint density at radius 1 is 1.38 bits per heavy atom. The molecule has 0 aliphatic rings. The molecular formula is C10H12INO. The molecule has 70 valence electrons. The Morgan fingerprint density at radius 3 is 2.54 bits per heavy atom. The minimum atomic E-state index is 0.143. The molecule has 2 nitrogen and oxygen atoms in total. The molecule has 0 aliphatic carbocycles. The number of carbonyl (C=O) groups excluding carboxylic acids is 1. The van der Waals surface area contributed by atoms with E-state index >= 15 is 0 Å². The van der Waals surface area contributed by atoms with E-state index in [-0.39, 0.29) is 5.91 Å². The molecule has 0 radical (unpaired) electrons. The maximum atomic E-state index is 11.4. The predicted octanol–water partition coefficient (Wildman–Crippen LogP) is 1.92. The second-order valence-electron chi connectivity index (χ2n) is 3.06. The molecule has 1 rings (SSSR count). The molecule has 1 aromatic carbocycles. The van der Waals surface area contributed by atoms with E-state index in [0.717, 1.165) is 9.13 Å². The summed E-state index contributed by atoms with van der Waals surface area (Å²) in [7, 11) is 3.55. The van der Waals surface area contributed by atoms with E-state index in [1.54, 1.807) is 19.0 Å². The van der Waals surface area contributed by atoms with Crippen LogP contribution in [-0.2, 0) is 11.2 Å². The standard InChI is InChI=1S/C10H12INO/c1-12(2)10(13)7-8-5-3-4-6-9(8)11/h3-6H,7H2,1-2H3. The fourth-order valence-corrected chi connectivity index (χ4v) is 1.54. The summed E-state index contributed by atoms with van der Waals surface area (Å²) in [5.41, 5.74) is 1.10. The van der Waals surface area contributed by atoms with Gasteiger partial charge in [-0.3, -0.25) is 4.79 Å². The van der Waals surface area contributed by atoms with Crippen LogP contribution in [0.4, 0.5) is 0 Å². The Kier molecular flexibility index (Phi) is 3.71. The van der Waals surface area contributed by atoms with Gasteiger partial charge in [0.05, 0.1) is 6.42 Å². The lowest BCUT2D eigenvalue weighted by Crippen LogP contribution is -2.23. The van der Waals surface area contributed by atoms with Gasteiger partial charge < -0.3 is 4.90 Å². The third kappa shape index (κ3) is 2.99. The van der Waals surface area contributed by atoms with E-state index in [9.17, 15) is 4.79 Å². The van der Waals surface area contributed by atoms with Gasteiger partial charge in [0, 0.05) is 17.7 Å². The summed E-state index contributed by atoms with van der Waals surface area (Å²) in [6.45, 7) is 0. The van der Waals surface area contributed by atoms with Crippen LogP contribution in [0.5, 0.6) is 0 Å². The Bertz CT molecular complexity index is 310. The second-order valence-corrected chi connectivity index (χ2v) is 4.22. The Balaban J connectivity index is 2.75. The first-order valence-electron chi connectivity index (χ1n) is 4.05. The van der Waals surface area contributed by atoms with E-state index in [1.165, 1.54) is 0 Å². The zero-order valence-electron chi connectivity index (χ0n) is 7.75. The molecule has 0 saturated carbocycles. The van der Waals surface area contributed by atoms with Crippen LogP contribution in [0.25, 0.3) is 0 Å². The SMILES string of the molecule is CN(C)C(=O)Cc1ccccc1I. The molecule has 0 aliphatic heterocycles. The predicted molar refractivity (Wildman–Crippen MR) is 61.6 cm³/mol. The highest BCUT2D eigenvalue weighted by molar-refractivity contribution is 14.1. The molecule has 13 heavy (non-hydrogen) atoms. The molecule has 0 N–H and O–H groups in total. The molecule has 0 unspecified atom stereocenters. The summed E-state index contributed by atoms with van der Waals surface area (Å²) in [6, 6.07) is 7.94. The van der Waals surface area contributed by atoms with Gasteiger partial charge in [0.1, 0.15) is 0 Å². The number of likely N-dealkylation sites (N-methyl/N-ethyl adjacent to an activating group) is 1. The first-order valence-corrected chi connectivity index (χ1v) is 5.12. The summed E-state index contributed by atoms with van der Waals surface area (Å²) in [5, 5.41) is 0.